The van der Waals surface area contributed by atoms with E-state index in [0.717, 1.165) is 11.1 Å². The topological polar surface area (TPSA) is 67.4 Å². The van der Waals surface area contributed by atoms with Gasteiger partial charge in [-0.25, -0.2) is 0 Å². The predicted molar refractivity (Wildman–Crippen MR) is 102 cm³/mol. The standard InChI is InChI=1S/C21H26N2O3/c1-2-26-16-19-12-7-6-11-18(19)15-23-20(24)13-8-14-22-21(25)17-9-4-3-5-10-17/h3-7,9-12H,2,8,13-16H2,1H3,(H,22,25)(H,23,24). The second-order valence-electron chi connectivity index (χ2n) is 5.91. The molecule has 0 radical (unpaired) electrons. The van der Waals surface area contributed by atoms with Gasteiger partial charge in [0.1, 0.15) is 0 Å². The van der Waals surface area contributed by atoms with Crippen molar-refractivity contribution < 1.29 is 14.3 Å². The summed E-state index contributed by atoms with van der Waals surface area (Å²) < 4.78 is 5.45. The monoisotopic (exact) mass is 354 g/mol. The van der Waals surface area contributed by atoms with E-state index in [4.69, 9.17) is 4.74 Å². The van der Waals surface area contributed by atoms with E-state index < -0.39 is 0 Å². The number of rotatable bonds is 10. The number of benzene rings is 2. The summed E-state index contributed by atoms with van der Waals surface area (Å²) in [5.74, 6) is -0.138. The third-order valence-electron chi connectivity index (χ3n) is 3.96. The maximum atomic E-state index is 12.0. The lowest BCUT2D eigenvalue weighted by atomic mass is 10.1. The number of carbonyl (C=O) groups is 2. The second kappa shape index (κ2) is 11.1. The number of ether oxygens (including phenoxy) is 1. The summed E-state index contributed by atoms with van der Waals surface area (Å²) in [6.45, 7) is 4.13. The van der Waals surface area contributed by atoms with Gasteiger partial charge in [0, 0.05) is 31.7 Å². The molecule has 0 unspecified atom stereocenters. The van der Waals surface area contributed by atoms with Gasteiger partial charge >= 0.3 is 0 Å². The predicted octanol–water partition coefficient (Wildman–Crippen LogP) is 3.05. The summed E-state index contributed by atoms with van der Waals surface area (Å²) in [6.07, 6.45) is 0.980. The minimum Gasteiger partial charge on any atom is -0.377 e. The van der Waals surface area contributed by atoms with Crippen LogP contribution in [0.2, 0.25) is 0 Å². The van der Waals surface area contributed by atoms with Crippen molar-refractivity contribution in [2.24, 2.45) is 0 Å². The van der Waals surface area contributed by atoms with Gasteiger partial charge in [-0.05, 0) is 36.6 Å². The van der Waals surface area contributed by atoms with Crippen LogP contribution in [0.5, 0.6) is 0 Å². The van der Waals surface area contributed by atoms with Crippen molar-refractivity contribution in [3.05, 3.63) is 71.3 Å². The van der Waals surface area contributed by atoms with Crippen molar-refractivity contribution in [2.75, 3.05) is 13.2 Å². The van der Waals surface area contributed by atoms with Crippen molar-refractivity contribution in [1.29, 1.82) is 0 Å². The summed E-state index contributed by atoms with van der Waals surface area (Å²) in [6, 6.07) is 17.0. The molecule has 0 heterocycles. The van der Waals surface area contributed by atoms with Crippen molar-refractivity contribution >= 4 is 11.8 Å². The zero-order valence-electron chi connectivity index (χ0n) is 15.2. The summed E-state index contributed by atoms with van der Waals surface area (Å²) in [5, 5.41) is 5.75. The molecule has 0 aliphatic heterocycles. The smallest absolute Gasteiger partial charge is 0.251 e. The molecule has 0 saturated carbocycles. The Kier molecular flexibility index (Phi) is 8.36. The van der Waals surface area contributed by atoms with Crippen molar-refractivity contribution in [2.45, 2.75) is 32.9 Å². The molecule has 0 saturated heterocycles. The fourth-order valence-electron chi connectivity index (χ4n) is 2.51. The van der Waals surface area contributed by atoms with Crippen LogP contribution >= 0.6 is 0 Å². The molecule has 0 aromatic heterocycles. The molecule has 0 spiro atoms. The third kappa shape index (κ3) is 6.69. The lowest BCUT2D eigenvalue weighted by molar-refractivity contribution is -0.121. The number of amides is 2. The highest BCUT2D eigenvalue weighted by atomic mass is 16.5. The summed E-state index contributed by atoms with van der Waals surface area (Å²) in [5.41, 5.74) is 2.78. The quantitative estimate of drug-likeness (QED) is 0.645. The van der Waals surface area contributed by atoms with Gasteiger partial charge in [0.25, 0.3) is 5.91 Å². The Morgan fingerprint density at radius 2 is 1.62 bits per heavy atom. The van der Waals surface area contributed by atoms with Gasteiger partial charge in [0.2, 0.25) is 5.91 Å². The van der Waals surface area contributed by atoms with Gasteiger partial charge in [-0.15, -0.1) is 0 Å². The Bertz CT molecular complexity index is 701. The third-order valence-corrected chi connectivity index (χ3v) is 3.96. The average molecular weight is 354 g/mol. The normalized spacial score (nSPS) is 10.3. The molecule has 5 heteroatoms. The van der Waals surface area contributed by atoms with Gasteiger partial charge in [-0.2, -0.15) is 0 Å². The van der Waals surface area contributed by atoms with Crippen molar-refractivity contribution in [1.82, 2.24) is 10.6 Å². The molecule has 0 aliphatic rings. The second-order valence-corrected chi connectivity index (χ2v) is 5.91. The minimum absolute atomic E-state index is 0.0230. The van der Waals surface area contributed by atoms with E-state index in [0.29, 0.717) is 44.7 Å². The Balaban J connectivity index is 1.67. The van der Waals surface area contributed by atoms with Crippen molar-refractivity contribution in [3.63, 3.8) is 0 Å². The van der Waals surface area contributed by atoms with Crippen LogP contribution in [0.25, 0.3) is 0 Å². The Morgan fingerprint density at radius 1 is 0.923 bits per heavy atom. The summed E-state index contributed by atoms with van der Waals surface area (Å²) in [7, 11) is 0. The SMILES string of the molecule is CCOCc1ccccc1CNC(=O)CCCNC(=O)c1ccccc1. The molecule has 0 atom stereocenters. The van der Waals surface area contributed by atoms with Crippen LogP contribution < -0.4 is 10.6 Å². The Hall–Kier alpha value is -2.66. The fraction of sp³-hybridized carbons (Fsp3) is 0.333. The molecule has 2 amide bonds. The minimum atomic E-state index is -0.115. The van der Waals surface area contributed by atoms with Crippen LogP contribution in [0.15, 0.2) is 54.6 Å². The van der Waals surface area contributed by atoms with Gasteiger partial charge < -0.3 is 15.4 Å². The highest BCUT2D eigenvalue weighted by Crippen LogP contribution is 2.10. The lowest BCUT2D eigenvalue weighted by Gasteiger charge is -2.11. The Morgan fingerprint density at radius 3 is 2.35 bits per heavy atom. The molecule has 2 aromatic rings. The first-order valence-corrected chi connectivity index (χ1v) is 8.95. The molecule has 2 aromatic carbocycles. The zero-order chi connectivity index (χ0) is 18.6. The molecule has 2 N–H and O–H groups in total. The molecule has 0 bridgehead atoms. The number of hydrogen-bond donors (Lipinski definition) is 2. The molecule has 5 nitrogen and oxygen atoms in total. The number of carbonyl (C=O) groups excluding carboxylic acids is 2. The first-order valence-electron chi connectivity index (χ1n) is 8.95. The maximum absolute atomic E-state index is 12.0. The van der Waals surface area contributed by atoms with Crippen LogP contribution in [0.4, 0.5) is 0 Å². The van der Waals surface area contributed by atoms with Crippen LogP contribution in [-0.4, -0.2) is 25.0 Å². The maximum Gasteiger partial charge on any atom is 0.251 e. The van der Waals surface area contributed by atoms with E-state index in [1.54, 1.807) is 12.1 Å². The molecule has 2 rings (SSSR count). The van der Waals surface area contributed by atoms with Crippen LogP contribution in [0.3, 0.4) is 0 Å². The number of hydrogen-bond acceptors (Lipinski definition) is 3. The molecule has 138 valence electrons. The lowest BCUT2D eigenvalue weighted by Crippen LogP contribution is -2.27. The average Bonchev–Trinajstić information content (AvgIpc) is 2.69. The first kappa shape index (κ1) is 19.7. The van der Waals surface area contributed by atoms with Gasteiger partial charge in [0.15, 0.2) is 0 Å². The molecule has 0 fully saturated rings. The summed E-state index contributed by atoms with van der Waals surface area (Å²) >= 11 is 0. The van der Waals surface area contributed by atoms with Gasteiger partial charge in [-0.3, -0.25) is 9.59 Å². The van der Waals surface area contributed by atoms with E-state index in [1.807, 2.05) is 49.4 Å². The first-order chi connectivity index (χ1) is 12.7. The zero-order valence-corrected chi connectivity index (χ0v) is 15.2. The molecule has 26 heavy (non-hydrogen) atoms. The largest absolute Gasteiger partial charge is 0.377 e. The van der Waals surface area contributed by atoms with E-state index in [-0.39, 0.29) is 11.8 Å². The Labute approximate surface area is 154 Å². The highest BCUT2D eigenvalue weighted by molar-refractivity contribution is 5.94. The highest BCUT2D eigenvalue weighted by Gasteiger charge is 2.07. The van der Waals surface area contributed by atoms with E-state index >= 15 is 0 Å². The van der Waals surface area contributed by atoms with Gasteiger partial charge in [0.05, 0.1) is 6.61 Å². The van der Waals surface area contributed by atoms with Gasteiger partial charge in [-0.1, -0.05) is 42.5 Å². The van der Waals surface area contributed by atoms with Crippen LogP contribution in [0.1, 0.15) is 41.3 Å². The van der Waals surface area contributed by atoms with Crippen molar-refractivity contribution in [3.8, 4) is 0 Å². The molecule has 0 aliphatic carbocycles. The molecular formula is C21H26N2O3. The summed E-state index contributed by atoms with van der Waals surface area (Å²) in [4.78, 5) is 23.9. The van der Waals surface area contributed by atoms with E-state index in [1.165, 1.54) is 0 Å². The van der Waals surface area contributed by atoms with E-state index in [9.17, 15) is 9.59 Å². The van der Waals surface area contributed by atoms with Crippen LogP contribution in [0, 0.1) is 0 Å². The van der Waals surface area contributed by atoms with Crippen LogP contribution in [-0.2, 0) is 22.7 Å². The number of nitrogens with one attached hydrogen (secondary N) is 2. The molecular weight excluding hydrogens is 328 g/mol. The fourth-order valence-corrected chi connectivity index (χ4v) is 2.51. The van der Waals surface area contributed by atoms with E-state index in [2.05, 4.69) is 10.6 Å².